The van der Waals surface area contributed by atoms with Crippen LogP contribution in [-0.2, 0) is 0 Å². The lowest BCUT2D eigenvalue weighted by Crippen LogP contribution is -2.52. The number of halogens is 1. The van der Waals surface area contributed by atoms with Gasteiger partial charge in [0.15, 0.2) is 0 Å². The lowest BCUT2D eigenvalue weighted by atomic mass is 10.1. The first kappa shape index (κ1) is 17.4. The molecular weight excluding hydrogens is 305 g/mol. The third-order valence-corrected chi connectivity index (χ3v) is 5.41. The number of carbonyl (C=O) groups excluding carboxylic acids is 1. The molecule has 2 fully saturated rings. The van der Waals surface area contributed by atoms with E-state index in [1.54, 1.807) is 19.1 Å². The number of hydrogen-bond acceptors (Lipinski definition) is 3. The predicted molar refractivity (Wildman–Crippen MR) is 93.7 cm³/mol. The van der Waals surface area contributed by atoms with Crippen molar-refractivity contribution in [3.05, 3.63) is 35.1 Å². The molecule has 0 bridgehead atoms. The van der Waals surface area contributed by atoms with Crippen molar-refractivity contribution >= 4 is 5.91 Å². The van der Waals surface area contributed by atoms with Gasteiger partial charge >= 0.3 is 0 Å². The molecule has 0 unspecified atom stereocenters. The van der Waals surface area contributed by atoms with Crippen LogP contribution in [0.15, 0.2) is 18.2 Å². The Hall–Kier alpha value is -1.46. The van der Waals surface area contributed by atoms with Gasteiger partial charge in [0.25, 0.3) is 5.91 Å². The smallest absolute Gasteiger partial charge is 0.254 e. The van der Waals surface area contributed by atoms with Crippen molar-refractivity contribution in [1.82, 2.24) is 14.7 Å². The Labute approximate surface area is 144 Å². The number of piperazine rings is 1. The lowest BCUT2D eigenvalue weighted by molar-refractivity contribution is 0.0631. The summed E-state index contributed by atoms with van der Waals surface area (Å²) in [6.45, 7) is 7.58. The Kier molecular flexibility index (Phi) is 5.51. The molecule has 0 spiro atoms. The Morgan fingerprint density at radius 1 is 1.12 bits per heavy atom. The normalized spacial score (nSPS) is 24.0. The van der Waals surface area contributed by atoms with Crippen LogP contribution in [0, 0.1) is 12.7 Å². The number of rotatable bonds is 2. The maximum absolute atomic E-state index is 13.8. The molecule has 0 radical (unpaired) electrons. The van der Waals surface area contributed by atoms with Crippen LogP contribution in [0.1, 0.15) is 35.2 Å². The number of likely N-dealkylation sites (tertiary alicyclic amines) is 1. The highest BCUT2D eigenvalue weighted by Gasteiger charge is 2.28. The molecule has 2 aliphatic heterocycles. The fourth-order valence-electron chi connectivity index (χ4n) is 3.70. The molecule has 0 saturated carbocycles. The van der Waals surface area contributed by atoms with Gasteiger partial charge in [-0.25, -0.2) is 4.39 Å². The SMILES string of the molecule is Cc1ccc(C(=O)N2CCCC[C@H](N3CCN(C)CC3)C2)cc1F. The quantitative estimate of drug-likeness (QED) is 0.831. The van der Waals surface area contributed by atoms with Crippen molar-refractivity contribution in [2.24, 2.45) is 0 Å². The Morgan fingerprint density at radius 2 is 1.88 bits per heavy atom. The van der Waals surface area contributed by atoms with Crippen LogP contribution >= 0.6 is 0 Å². The van der Waals surface area contributed by atoms with Gasteiger partial charge in [0, 0.05) is 50.9 Å². The summed E-state index contributed by atoms with van der Waals surface area (Å²) < 4.78 is 13.8. The zero-order valence-electron chi connectivity index (χ0n) is 14.8. The van der Waals surface area contributed by atoms with Crippen LogP contribution < -0.4 is 0 Å². The maximum Gasteiger partial charge on any atom is 0.254 e. The third-order valence-electron chi connectivity index (χ3n) is 5.41. The highest BCUT2D eigenvalue weighted by molar-refractivity contribution is 5.94. The van der Waals surface area contributed by atoms with E-state index in [1.807, 2.05) is 4.90 Å². The molecule has 5 heteroatoms. The minimum atomic E-state index is -0.300. The Bertz CT molecular complexity index is 584. The second-order valence-corrected chi connectivity index (χ2v) is 7.20. The topological polar surface area (TPSA) is 26.8 Å². The van der Waals surface area contributed by atoms with E-state index in [9.17, 15) is 9.18 Å². The zero-order chi connectivity index (χ0) is 17.1. The molecule has 1 aromatic carbocycles. The van der Waals surface area contributed by atoms with E-state index < -0.39 is 0 Å². The summed E-state index contributed by atoms with van der Waals surface area (Å²) >= 11 is 0. The minimum absolute atomic E-state index is 0.0325. The number of likely N-dealkylation sites (N-methyl/N-ethyl adjacent to an activating group) is 1. The molecule has 2 aliphatic rings. The van der Waals surface area contributed by atoms with E-state index in [-0.39, 0.29) is 11.7 Å². The van der Waals surface area contributed by atoms with Gasteiger partial charge in [0.05, 0.1) is 0 Å². The molecule has 2 saturated heterocycles. The van der Waals surface area contributed by atoms with Crippen molar-refractivity contribution < 1.29 is 9.18 Å². The molecular formula is C19H28FN3O. The standard InChI is InChI=1S/C19H28FN3O/c1-15-6-7-16(13-18(15)20)19(24)23-8-4-3-5-17(14-23)22-11-9-21(2)10-12-22/h6-7,13,17H,3-5,8-12,14H2,1-2H3/t17-/m0/s1. The zero-order valence-corrected chi connectivity index (χ0v) is 14.8. The number of amides is 1. The second-order valence-electron chi connectivity index (χ2n) is 7.20. The van der Waals surface area contributed by atoms with Crippen LogP contribution in [0.4, 0.5) is 4.39 Å². The van der Waals surface area contributed by atoms with Crippen molar-refractivity contribution in [3.63, 3.8) is 0 Å². The summed E-state index contributed by atoms with van der Waals surface area (Å²) in [5.41, 5.74) is 1.05. The van der Waals surface area contributed by atoms with E-state index in [0.717, 1.165) is 58.5 Å². The molecule has 0 N–H and O–H groups in total. The number of benzene rings is 1. The van der Waals surface area contributed by atoms with Crippen LogP contribution in [-0.4, -0.2) is 73.0 Å². The number of aryl methyl sites for hydroxylation is 1. The van der Waals surface area contributed by atoms with Crippen LogP contribution in [0.5, 0.6) is 0 Å². The van der Waals surface area contributed by atoms with E-state index in [1.165, 1.54) is 6.07 Å². The molecule has 3 rings (SSSR count). The Morgan fingerprint density at radius 3 is 2.58 bits per heavy atom. The van der Waals surface area contributed by atoms with Gasteiger partial charge in [-0.15, -0.1) is 0 Å². The number of carbonyl (C=O) groups is 1. The van der Waals surface area contributed by atoms with Crippen molar-refractivity contribution in [1.29, 1.82) is 0 Å². The second kappa shape index (κ2) is 7.62. The summed E-state index contributed by atoms with van der Waals surface area (Å²) in [5.74, 6) is -0.332. The van der Waals surface area contributed by atoms with E-state index in [0.29, 0.717) is 17.2 Å². The molecule has 1 amide bonds. The molecule has 2 heterocycles. The van der Waals surface area contributed by atoms with Gasteiger partial charge < -0.3 is 9.80 Å². The predicted octanol–water partition coefficient (Wildman–Crippen LogP) is 2.38. The van der Waals surface area contributed by atoms with Gasteiger partial charge in [-0.1, -0.05) is 12.5 Å². The minimum Gasteiger partial charge on any atom is -0.337 e. The van der Waals surface area contributed by atoms with Crippen LogP contribution in [0.3, 0.4) is 0 Å². The molecule has 24 heavy (non-hydrogen) atoms. The lowest BCUT2D eigenvalue weighted by Gasteiger charge is -2.39. The molecule has 1 aromatic rings. The largest absolute Gasteiger partial charge is 0.337 e. The first-order valence-corrected chi connectivity index (χ1v) is 9.02. The average molecular weight is 333 g/mol. The average Bonchev–Trinajstić information content (AvgIpc) is 2.83. The van der Waals surface area contributed by atoms with Gasteiger partial charge in [-0.2, -0.15) is 0 Å². The van der Waals surface area contributed by atoms with E-state index in [4.69, 9.17) is 0 Å². The Balaban J connectivity index is 1.69. The first-order chi connectivity index (χ1) is 11.5. The highest BCUT2D eigenvalue weighted by Crippen LogP contribution is 2.20. The maximum atomic E-state index is 13.8. The van der Waals surface area contributed by atoms with Gasteiger partial charge in [0.1, 0.15) is 5.82 Å². The summed E-state index contributed by atoms with van der Waals surface area (Å²) in [4.78, 5) is 19.6. The molecule has 132 valence electrons. The number of nitrogens with zero attached hydrogens (tertiary/aromatic N) is 3. The fraction of sp³-hybridized carbons (Fsp3) is 0.632. The summed E-state index contributed by atoms with van der Waals surface area (Å²) in [5, 5.41) is 0. The summed E-state index contributed by atoms with van der Waals surface area (Å²) in [6.07, 6.45) is 3.34. The summed E-state index contributed by atoms with van der Waals surface area (Å²) in [6, 6.07) is 5.25. The van der Waals surface area contributed by atoms with Gasteiger partial charge in [0.2, 0.25) is 0 Å². The molecule has 0 aliphatic carbocycles. The van der Waals surface area contributed by atoms with Gasteiger partial charge in [-0.05, 0) is 44.5 Å². The van der Waals surface area contributed by atoms with Crippen LogP contribution in [0.2, 0.25) is 0 Å². The van der Waals surface area contributed by atoms with Crippen molar-refractivity contribution in [2.75, 3.05) is 46.3 Å². The van der Waals surface area contributed by atoms with Crippen LogP contribution in [0.25, 0.3) is 0 Å². The molecule has 0 aromatic heterocycles. The van der Waals surface area contributed by atoms with E-state index >= 15 is 0 Å². The number of hydrogen-bond donors (Lipinski definition) is 0. The first-order valence-electron chi connectivity index (χ1n) is 9.02. The fourth-order valence-corrected chi connectivity index (χ4v) is 3.70. The third kappa shape index (κ3) is 3.95. The van der Waals surface area contributed by atoms with Crippen molar-refractivity contribution in [2.45, 2.75) is 32.2 Å². The van der Waals surface area contributed by atoms with Crippen molar-refractivity contribution in [3.8, 4) is 0 Å². The molecule has 4 nitrogen and oxygen atoms in total. The van der Waals surface area contributed by atoms with Gasteiger partial charge in [-0.3, -0.25) is 9.69 Å². The summed E-state index contributed by atoms with van der Waals surface area (Å²) in [7, 11) is 2.16. The monoisotopic (exact) mass is 333 g/mol. The molecule has 1 atom stereocenters. The highest BCUT2D eigenvalue weighted by atomic mass is 19.1. The van der Waals surface area contributed by atoms with E-state index in [2.05, 4.69) is 16.8 Å².